The molecule has 0 saturated carbocycles. The molecule has 0 spiro atoms. The second kappa shape index (κ2) is 9.03. The highest BCUT2D eigenvalue weighted by molar-refractivity contribution is 5.85. The van der Waals surface area contributed by atoms with Crippen LogP contribution in [-0.4, -0.2) is 39.3 Å². The highest BCUT2D eigenvalue weighted by Crippen LogP contribution is 2.29. The van der Waals surface area contributed by atoms with Gasteiger partial charge in [-0.05, 0) is 37.9 Å². The maximum atomic E-state index is 12.5. The SMILES string of the molecule is COCC1(C(=O)NCCc2ccccc2)CCNCC1.Cl. The third-order valence-electron chi connectivity index (χ3n) is 4.01. The predicted octanol–water partition coefficient (Wildman–Crippen LogP) is 1.78. The number of piperidine rings is 1. The maximum Gasteiger partial charge on any atom is 0.228 e. The Morgan fingerprint density at radius 2 is 1.95 bits per heavy atom. The first-order valence-electron chi connectivity index (χ1n) is 7.29. The molecule has 1 amide bonds. The van der Waals surface area contributed by atoms with Gasteiger partial charge < -0.3 is 15.4 Å². The van der Waals surface area contributed by atoms with Crippen LogP contribution in [0.25, 0.3) is 0 Å². The topological polar surface area (TPSA) is 50.4 Å². The molecule has 1 fully saturated rings. The zero-order chi connectivity index (χ0) is 14.3. The monoisotopic (exact) mass is 312 g/mol. The van der Waals surface area contributed by atoms with Gasteiger partial charge in [0.1, 0.15) is 0 Å². The highest BCUT2D eigenvalue weighted by Gasteiger charge is 2.39. The van der Waals surface area contributed by atoms with Crippen molar-refractivity contribution in [1.82, 2.24) is 10.6 Å². The van der Waals surface area contributed by atoms with Gasteiger partial charge in [0.25, 0.3) is 0 Å². The van der Waals surface area contributed by atoms with Gasteiger partial charge in [0.05, 0.1) is 12.0 Å². The Balaban J connectivity index is 0.00000220. The highest BCUT2D eigenvalue weighted by atomic mass is 35.5. The summed E-state index contributed by atoms with van der Waals surface area (Å²) in [5.41, 5.74) is 0.898. The number of hydrogen-bond donors (Lipinski definition) is 2. The lowest BCUT2D eigenvalue weighted by molar-refractivity contribution is -0.136. The lowest BCUT2D eigenvalue weighted by atomic mass is 9.78. The molecule has 118 valence electrons. The minimum absolute atomic E-state index is 0. The molecule has 1 heterocycles. The molecule has 0 aromatic heterocycles. The number of carbonyl (C=O) groups excluding carboxylic acids is 1. The molecule has 5 heteroatoms. The van der Waals surface area contributed by atoms with Crippen molar-refractivity contribution in [3.8, 4) is 0 Å². The Labute approximate surface area is 133 Å². The fraction of sp³-hybridized carbons (Fsp3) is 0.562. The van der Waals surface area contributed by atoms with Gasteiger partial charge in [-0.1, -0.05) is 30.3 Å². The summed E-state index contributed by atoms with van der Waals surface area (Å²) >= 11 is 0. The van der Waals surface area contributed by atoms with Crippen molar-refractivity contribution in [1.29, 1.82) is 0 Å². The first kappa shape index (κ1) is 18.0. The summed E-state index contributed by atoms with van der Waals surface area (Å²) in [4.78, 5) is 12.5. The number of hydrogen-bond acceptors (Lipinski definition) is 3. The van der Waals surface area contributed by atoms with Crippen molar-refractivity contribution in [2.24, 2.45) is 5.41 Å². The van der Waals surface area contributed by atoms with Crippen molar-refractivity contribution in [2.75, 3.05) is 33.4 Å². The Hall–Kier alpha value is -1.10. The molecule has 1 aromatic carbocycles. The average molecular weight is 313 g/mol. The van der Waals surface area contributed by atoms with E-state index in [0.717, 1.165) is 32.4 Å². The molecular formula is C16H25ClN2O2. The van der Waals surface area contributed by atoms with Crippen molar-refractivity contribution in [3.63, 3.8) is 0 Å². The second-order valence-electron chi connectivity index (χ2n) is 5.45. The van der Waals surface area contributed by atoms with Gasteiger partial charge in [-0.25, -0.2) is 0 Å². The summed E-state index contributed by atoms with van der Waals surface area (Å²) in [7, 11) is 1.67. The third-order valence-corrected chi connectivity index (χ3v) is 4.01. The van der Waals surface area contributed by atoms with Crippen LogP contribution in [0.15, 0.2) is 30.3 Å². The van der Waals surface area contributed by atoms with Gasteiger partial charge in [-0.3, -0.25) is 4.79 Å². The number of nitrogens with one attached hydrogen (secondary N) is 2. The van der Waals surface area contributed by atoms with E-state index in [0.29, 0.717) is 13.2 Å². The summed E-state index contributed by atoms with van der Waals surface area (Å²) in [6, 6.07) is 10.2. The number of halogens is 1. The zero-order valence-electron chi connectivity index (χ0n) is 12.6. The van der Waals surface area contributed by atoms with Crippen molar-refractivity contribution in [3.05, 3.63) is 35.9 Å². The minimum Gasteiger partial charge on any atom is -0.384 e. The van der Waals surface area contributed by atoms with Gasteiger partial charge >= 0.3 is 0 Å². The fourth-order valence-corrected chi connectivity index (χ4v) is 2.77. The van der Waals surface area contributed by atoms with Crippen LogP contribution in [0.3, 0.4) is 0 Å². The molecule has 4 nitrogen and oxygen atoms in total. The molecule has 21 heavy (non-hydrogen) atoms. The van der Waals surface area contributed by atoms with E-state index in [9.17, 15) is 4.79 Å². The van der Waals surface area contributed by atoms with E-state index in [1.165, 1.54) is 5.56 Å². The van der Waals surface area contributed by atoms with Crippen molar-refractivity contribution >= 4 is 18.3 Å². The standard InChI is InChI=1S/C16H24N2O2.ClH/c1-20-13-16(8-11-17-12-9-16)15(19)18-10-7-14-5-3-2-4-6-14;/h2-6,17H,7-13H2,1H3,(H,18,19);1H. The number of amides is 1. The van der Waals surface area contributed by atoms with Crippen LogP contribution in [-0.2, 0) is 16.0 Å². The van der Waals surface area contributed by atoms with Gasteiger partial charge in [-0.2, -0.15) is 0 Å². The van der Waals surface area contributed by atoms with Crippen LogP contribution < -0.4 is 10.6 Å². The van der Waals surface area contributed by atoms with E-state index in [2.05, 4.69) is 22.8 Å². The normalized spacial score (nSPS) is 16.8. The second-order valence-corrected chi connectivity index (χ2v) is 5.45. The number of benzene rings is 1. The fourth-order valence-electron chi connectivity index (χ4n) is 2.77. The molecular weight excluding hydrogens is 288 g/mol. The maximum absolute atomic E-state index is 12.5. The molecule has 1 aliphatic rings. The Morgan fingerprint density at radius 1 is 1.29 bits per heavy atom. The van der Waals surface area contributed by atoms with Crippen LogP contribution in [0, 0.1) is 5.41 Å². The van der Waals surface area contributed by atoms with Gasteiger partial charge in [0, 0.05) is 13.7 Å². The van der Waals surface area contributed by atoms with E-state index in [-0.39, 0.29) is 23.7 Å². The van der Waals surface area contributed by atoms with Crippen LogP contribution >= 0.6 is 12.4 Å². The van der Waals surface area contributed by atoms with Crippen LogP contribution in [0.2, 0.25) is 0 Å². The van der Waals surface area contributed by atoms with E-state index in [1.54, 1.807) is 7.11 Å². The van der Waals surface area contributed by atoms with Crippen LogP contribution in [0.4, 0.5) is 0 Å². The van der Waals surface area contributed by atoms with E-state index in [1.807, 2.05) is 18.2 Å². The molecule has 0 atom stereocenters. The van der Waals surface area contributed by atoms with Crippen molar-refractivity contribution < 1.29 is 9.53 Å². The Morgan fingerprint density at radius 3 is 2.57 bits per heavy atom. The molecule has 2 N–H and O–H groups in total. The van der Waals surface area contributed by atoms with Gasteiger partial charge in [0.15, 0.2) is 0 Å². The molecule has 0 unspecified atom stereocenters. The molecule has 0 aliphatic carbocycles. The Kier molecular flexibility index (Phi) is 7.72. The Bertz CT molecular complexity index is 414. The summed E-state index contributed by atoms with van der Waals surface area (Å²) in [6.07, 6.45) is 2.56. The summed E-state index contributed by atoms with van der Waals surface area (Å²) < 4.78 is 5.28. The van der Waals surface area contributed by atoms with E-state index < -0.39 is 0 Å². The number of ether oxygens (including phenoxy) is 1. The average Bonchev–Trinajstić information content (AvgIpc) is 2.49. The summed E-state index contributed by atoms with van der Waals surface area (Å²) in [5, 5.41) is 6.38. The van der Waals surface area contributed by atoms with Gasteiger partial charge in [-0.15, -0.1) is 12.4 Å². The van der Waals surface area contributed by atoms with E-state index in [4.69, 9.17) is 4.74 Å². The minimum atomic E-state index is -0.351. The zero-order valence-corrected chi connectivity index (χ0v) is 13.4. The third kappa shape index (κ3) is 4.99. The number of methoxy groups -OCH3 is 1. The smallest absolute Gasteiger partial charge is 0.228 e. The van der Waals surface area contributed by atoms with Crippen molar-refractivity contribution in [2.45, 2.75) is 19.3 Å². The first-order valence-corrected chi connectivity index (χ1v) is 7.29. The lowest BCUT2D eigenvalue weighted by Gasteiger charge is -2.35. The van der Waals surface area contributed by atoms with Crippen LogP contribution in [0.5, 0.6) is 0 Å². The molecule has 0 bridgehead atoms. The van der Waals surface area contributed by atoms with E-state index >= 15 is 0 Å². The largest absolute Gasteiger partial charge is 0.384 e. The molecule has 1 aromatic rings. The van der Waals surface area contributed by atoms with Crippen LogP contribution in [0.1, 0.15) is 18.4 Å². The molecule has 0 radical (unpaired) electrons. The quantitative estimate of drug-likeness (QED) is 0.842. The first-order chi connectivity index (χ1) is 9.77. The summed E-state index contributed by atoms with van der Waals surface area (Å²) in [6.45, 7) is 2.96. The molecule has 1 aliphatic heterocycles. The summed E-state index contributed by atoms with van der Waals surface area (Å²) in [5.74, 6) is 0.136. The number of carbonyl (C=O) groups is 1. The van der Waals surface area contributed by atoms with Gasteiger partial charge in [0.2, 0.25) is 5.91 Å². The molecule has 1 saturated heterocycles. The number of rotatable bonds is 6. The molecule has 2 rings (SSSR count). The lowest BCUT2D eigenvalue weighted by Crippen LogP contribution is -2.50. The predicted molar refractivity (Wildman–Crippen MR) is 86.8 cm³/mol.